The number of hydrogen-bond acceptors (Lipinski definition) is 3. The predicted octanol–water partition coefficient (Wildman–Crippen LogP) is 3.68. The summed E-state index contributed by atoms with van der Waals surface area (Å²) >= 11 is 7.62. The molecule has 1 saturated heterocycles. The van der Waals surface area contributed by atoms with Crippen LogP contribution in [0, 0.1) is 0 Å². The van der Waals surface area contributed by atoms with Gasteiger partial charge in [-0.3, -0.25) is 0 Å². The summed E-state index contributed by atoms with van der Waals surface area (Å²) in [7, 11) is 0. The van der Waals surface area contributed by atoms with Gasteiger partial charge in [0.1, 0.15) is 0 Å². The molecule has 0 bridgehead atoms. The monoisotopic (exact) mass is 284 g/mol. The van der Waals surface area contributed by atoms with Crippen molar-refractivity contribution in [2.75, 3.05) is 13.1 Å². The normalized spacial score (nSPS) is 24.3. The lowest BCUT2D eigenvalue weighted by Gasteiger charge is -2.34. The smallest absolute Gasteiger partial charge is 0.0931 e. The third-order valence-electron chi connectivity index (χ3n) is 4.17. The van der Waals surface area contributed by atoms with Gasteiger partial charge in [0.05, 0.1) is 4.34 Å². The fourth-order valence-corrected chi connectivity index (χ4v) is 3.86. The van der Waals surface area contributed by atoms with E-state index in [1.165, 1.54) is 44.3 Å². The number of likely N-dealkylation sites (tertiary alicyclic amines) is 1. The minimum atomic E-state index is 0.422. The van der Waals surface area contributed by atoms with Crippen molar-refractivity contribution in [1.82, 2.24) is 10.2 Å². The Labute approximate surface area is 118 Å². The Morgan fingerprint density at radius 2 is 2.06 bits per heavy atom. The number of nitrogens with one attached hydrogen (secondary N) is 1. The molecule has 1 N–H and O–H groups in total. The van der Waals surface area contributed by atoms with Gasteiger partial charge in [-0.05, 0) is 62.7 Å². The van der Waals surface area contributed by atoms with Gasteiger partial charge in [0.2, 0.25) is 0 Å². The maximum absolute atomic E-state index is 5.99. The van der Waals surface area contributed by atoms with Crippen molar-refractivity contribution in [3.8, 4) is 0 Å². The summed E-state index contributed by atoms with van der Waals surface area (Å²) < 4.78 is 0.891. The molecule has 18 heavy (non-hydrogen) atoms. The zero-order chi connectivity index (χ0) is 12.5. The summed E-state index contributed by atoms with van der Waals surface area (Å²) in [6.07, 6.45) is 5.45. The van der Waals surface area contributed by atoms with Gasteiger partial charge in [-0.25, -0.2) is 0 Å². The molecule has 1 aromatic rings. The van der Waals surface area contributed by atoms with Crippen LogP contribution in [0.1, 0.15) is 44.2 Å². The van der Waals surface area contributed by atoms with Gasteiger partial charge in [0.15, 0.2) is 0 Å². The minimum absolute atomic E-state index is 0.422. The van der Waals surface area contributed by atoms with Crippen LogP contribution in [-0.2, 0) is 0 Å². The first kappa shape index (κ1) is 12.9. The van der Waals surface area contributed by atoms with E-state index in [9.17, 15) is 0 Å². The SMILES string of the molecule is CC(NC1CCN(C2CC2)CC1)c1csc(Cl)c1. The zero-order valence-electron chi connectivity index (χ0n) is 10.9. The lowest BCUT2D eigenvalue weighted by molar-refractivity contribution is 0.184. The highest BCUT2D eigenvalue weighted by Crippen LogP contribution is 2.30. The topological polar surface area (TPSA) is 15.3 Å². The van der Waals surface area contributed by atoms with E-state index >= 15 is 0 Å². The van der Waals surface area contributed by atoms with Crippen molar-refractivity contribution < 1.29 is 0 Å². The van der Waals surface area contributed by atoms with Gasteiger partial charge >= 0.3 is 0 Å². The van der Waals surface area contributed by atoms with E-state index in [2.05, 4.69) is 28.6 Å². The molecule has 0 radical (unpaired) electrons. The Morgan fingerprint density at radius 1 is 1.33 bits per heavy atom. The fourth-order valence-electron chi connectivity index (χ4n) is 2.87. The Morgan fingerprint density at radius 3 is 2.61 bits per heavy atom. The molecule has 2 aliphatic rings. The Balaban J connectivity index is 1.48. The van der Waals surface area contributed by atoms with Gasteiger partial charge in [0, 0.05) is 18.1 Å². The number of halogens is 1. The van der Waals surface area contributed by atoms with E-state index in [4.69, 9.17) is 11.6 Å². The van der Waals surface area contributed by atoms with Crippen LogP contribution in [0.25, 0.3) is 0 Å². The maximum Gasteiger partial charge on any atom is 0.0931 e. The van der Waals surface area contributed by atoms with Crippen LogP contribution in [0.15, 0.2) is 11.4 Å². The minimum Gasteiger partial charge on any atom is -0.307 e. The van der Waals surface area contributed by atoms with Crippen molar-refractivity contribution >= 4 is 22.9 Å². The highest BCUT2D eigenvalue weighted by Gasteiger charge is 2.31. The lowest BCUT2D eigenvalue weighted by Crippen LogP contribution is -2.43. The Bertz CT molecular complexity index is 394. The molecule has 1 saturated carbocycles. The average molecular weight is 285 g/mol. The maximum atomic E-state index is 5.99. The summed E-state index contributed by atoms with van der Waals surface area (Å²) in [5, 5.41) is 5.92. The molecule has 0 aromatic carbocycles. The second-order valence-electron chi connectivity index (χ2n) is 5.61. The van der Waals surface area contributed by atoms with Gasteiger partial charge in [-0.15, -0.1) is 11.3 Å². The molecule has 4 heteroatoms. The fraction of sp³-hybridized carbons (Fsp3) is 0.714. The molecule has 2 fully saturated rings. The van der Waals surface area contributed by atoms with Crippen molar-refractivity contribution in [3.63, 3.8) is 0 Å². The van der Waals surface area contributed by atoms with Crippen LogP contribution in [-0.4, -0.2) is 30.1 Å². The second kappa shape index (κ2) is 5.49. The quantitative estimate of drug-likeness (QED) is 0.907. The molecule has 3 rings (SSSR count). The van der Waals surface area contributed by atoms with Crippen LogP contribution >= 0.6 is 22.9 Å². The largest absolute Gasteiger partial charge is 0.307 e. The van der Waals surface area contributed by atoms with Gasteiger partial charge in [-0.1, -0.05) is 11.6 Å². The van der Waals surface area contributed by atoms with E-state index in [-0.39, 0.29) is 0 Å². The molecule has 0 amide bonds. The molecule has 1 unspecified atom stereocenters. The molecule has 1 atom stereocenters. The summed E-state index contributed by atoms with van der Waals surface area (Å²) in [5.41, 5.74) is 1.33. The van der Waals surface area contributed by atoms with Crippen LogP contribution in [0.3, 0.4) is 0 Å². The molecular weight excluding hydrogens is 264 g/mol. The number of rotatable bonds is 4. The molecule has 2 heterocycles. The third-order valence-corrected chi connectivity index (χ3v) is 5.28. The Kier molecular flexibility index (Phi) is 3.94. The van der Waals surface area contributed by atoms with Crippen LogP contribution in [0.4, 0.5) is 0 Å². The van der Waals surface area contributed by atoms with Crippen molar-refractivity contribution in [1.29, 1.82) is 0 Å². The van der Waals surface area contributed by atoms with Crippen LogP contribution < -0.4 is 5.32 Å². The number of thiophene rings is 1. The van der Waals surface area contributed by atoms with E-state index < -0.39 is 0 Å². The third kappa shape index (κ3) is 3.08. The zero-order valence-corrected chi connectivity index (χ0v) is 12.4. The van der Waals surface area contributed by atoms with Crippen molar-refractivity contribution in [2.45, 2.75) is 50.7 Å². The van der Waals surface area contributed by atoms with E-state index in [0.717, 1.165) is 10.4 Å². The lowest BCUT2D eigenvalue weighted by atomic mass is 10.0. The van der Waals surface area contributed by atoms with Crippen LogP contribution in [0.2, 0.25) is 4.34 Å². The number of nitrogens with zero attached hydrogens (tertiary/aromatic N) is 1. The molecule has 100 valence electrons. The molecular formula is C14H21ClN2S. The molecule has 1 aliphatic heterocycles. The Hall–Kier alpha value is -0.0900. The first-order valence-electron chi connectivity index (χ1n) is 6.96. The average Bonchev–Trinajstić information content (AvgIpc) is 3.12. The summed E-state index contributed by atoms with van der Waals surface area (Å²) in [5.74, 6) is 0. The molecule has 1 aliphatic carbocycles. The molecule has 2 nitrogen and oxygen atoms in total. The first-order chi connectivity index (χ1) is 8.72. The second-order valence-corrected chi connectivity index (χ2v) is 7.16. The van der Waals surface area contributed by atoms with E-state index in [1.54, 1.807) is 11.3 Å². The highest BCUT2D eigenvalue weighted by atomic mass is 35.5. The molecule has 0 spiro atoms. The van der Waals surface area contributed by atoms with Crippen molar-refractivity contribution in [3.05, 3.63) is 21.3 Å². The highest BCUT2D eigenvalue weighted by molar-refractivity contribution is 7.14. The van der Waals surface area contributed by atoms with Crippen molar-refractivity contribution in [2.24, 2.45) is 0 Å². The number of hydrogen-bond donors (Lipinski definition) is 1. The van der Waals surface area contributed by atoms with Gasteiger partial charge < -0.3 is 10.2 Å². The summed E-state index contributed by atoms with van der Waals surface area (Å²) in [4.78, 5) is 2.67. The van der Waals surface area contributed by atoms with Gasteiger partial charge in [-0.2, -0.15) is 0 Å². The number of piperidine rings is 1. The first-order valence-corrected chi connectivity index (χ1v) is 8.22. The predicted molar refractivity (Wildman–Crippen MR) is 78.5 cm³/mol. The standard InChI is InChI=1S/C14H21ClN2S/c1-10(11-8-14(15)18-9-11)16-12-4-6-17(7-5-12)13-2-3-13/h8-10,12-13,16H,2-7H2,1H3. The summed E-state index contributed by atoms with van der Waals surface area (Å²) in [6.45, 7) is 4.80. The van der Waals surface area contributed by atoms with E-state index in [0.29, 0.717) is 12.1 Å². The molecule has 1 aromatic heterocycles. The summed E-state index contributed by atoms with van der Waals surface area (Å²) in [6, 6.07) is 4.11. The van der Waals surface area contributed by atoms with E-state index in [1.807, 2.05) is 0 Å². The van der Waals surface area contributed by atoms with Gasteiger partial charge in [0.25, 0.3) is 0 Å². The van der Waals surface area contributed by atoms with Crippen LogP contribution in [0.5, 0.6) is 0 Å².